The fourth-order valence-electron chi connectivity index (χ4n) is 2.91. The quantitative estimate of drug-likeness (QED) is 0.414. The van der Waals surface area contributed by atoms with E-state index in [2.05, 4.69) is 25.6 Å². The molecule has 0 unspecified atom stereocenters. The van der Waals surface area contributed by atoms with Crippen LogP contribution in [0.4, 0.5) is 10.3 Å². The summed E-state index contributed by atoms with van der Waals surface area (Å²) in [6.07, 6.45) is 1.66. The maximum Gasteiger partial charge on any atom is 0.303 e. The van der Waals surface area contributed by atoms with E-state index in [9.17, 15) is 4.79 Å². The van der Waals surface area contributed by atoms with E-state index in [1.165, 1.54) is 27.7 Å². The molecule has 4 aromatic rings. The highest BCUT2D eigenvalue weighted by Crippen LogP contribution is 2.30. The second kappa shape index (κ2) is 8.38. The minimum absolute atomic E-state index is 0.175. The molecular weight excluding hydrogens is 452 g/mol. The van der Waals surface area contributed by atoms with Crippen molar-refractivity contribution in [2.45, 2.75) is 0 Å². The Balaban J connectivity index is 1.52. The van der Waals surface area contributed by atoms with E-state index < -0.39 is 0 Å². The third-order valence-corrected chi connectivity index (χ3v) is 6.12. The van der Waals surface area contributed by atoms with Gasteiger partial charge in [0, 0.05) is 33.1 Å². The summed E-state index contributed by atoms with van der Waals surface area (Å²) in [4.78, 5) is 22.0. The molecule has 0 fully saturated rings. The number of nitrogens with one attached hydrogen (secondary N) is 1. The number of rotatable bonds is 5. The van der Waals surface area contributed by atoms with Crippen LogP contribution in [-0.4, -0.2) is 27.3 Å². The zero-order valence-electron chi connectivity index (χ0n) is 15.8. The molecule has 152 valence electrons. The van der Waals surface area contributed by atoms with Gasteiger partial charge in [-0.1, -0.05) is 54.1 Å². The first kappa shape index (κ1) is 19.6. The Hall–Kier alpha value is -3.40. The Labute approximate surface area is 190 Å². The number of nitrogens with zero attached hydrogens (tertiary/aromatic N) is 5. The van der Waals surface area contributed by atoms with Gasteiger partial charge in [0.15, 0.2) is 5.71 Å². The first-order valence-corrected chi connectivity index (χ1v) is 11.3. The second-order valence-corrected chi connectivity index (χ2v) is 8.53. The minimum Gasteiger partial charge on any atom is -0.265 e. The van der Waals surface area contributed by atoms with Gasteiger partial charge in [0.2, 0.25) is 10.3 Å². The largest absolute Gasteiger partial charge is 0.303 e. The Morgan fingerprint density at radius 2 is 1.81 bits per heavy atom. The molecular formula is C21H13ClN6OS2. The number of anilines is 2. The molecule has 31 heavy (non-hydrogen) atoms. The highest BCUT2D eigenvalue weighted by molar-refractivity contribution is 7.14. The molecule has 1 amide bonds. The first-order chi connectivity index (χ1) is 15.2. The average molecular weight is 465 g/mol. The summed E-state index contributed by atoms with van der Waals surface area (Å²) >= 11 is 8.75. The standard InChI is InChI=1S/C21H13ClN6OS2/c22-15-8-6-14(7-9-15)17-18(25-26-20-23-10-11-30-20)19(29)28(27-17)21-24-16(12-31-21)13-4-2-1-3-5-13/h1-12H,(H,23,26)/b25-18-. The second-order valence-electron chi connectivity index (χ2n) is 6.36. The van der Waals surface area contributed by atoms with Crippen LogP contribution in [-0.2, 0) is 4.79 Å². The molecule has 2 aromatic heterocycles. The summed E-state index contributed by atoms with van der Waals surface area (Å²) < 4.78 is 0. The number of halogens is 1. The van der Waals surface area contributed by atoms with Gasteiger partial charge >= 0.3 is 5.91 Å². The first-order valence-electron chi connectivity index (χ1n) is 9.12. The van der Waals surface area contributed by atoms with Gasteiger partial charge in [-0.3, -0.25) is 10.2 Å². The summed E-state index contributed by atoms with van der Waals surface area (Å²) in [7, 11) is 0. The highest BCUT2D eigenvalue weighted by atomic mass is 35.5. The minimum atomic E-state index is -0.372. The van der Waals surface area contributed by atoms with Crippen LogP contribution in [0.5, 0.6) is 0 Å². The van der Waals surface area contributed by atoms with Crippen molar-refractivity contribution in [1.82, 2.24) is 9.97 Å². The smallest absolute Gasteiger partial charge is 0.265 e. The number of carbonyl (C=O) groups excluding carboxylic acids is 1. The van der Waals surface area contributed by atoms with Crippen LogP contribution in [0, 0.1) is 0 Å². The van der Waals surface area contributed by atoms with E-state index in [1.807, 2.05) is 41.1 Å². The molecule has 0 aliphatic carbocycles. The number of hydrazone groups is 2. The predicted molar refractivity (Wildman–Crippen MR) is 126 cm³/mol. The molecule has 3 heterocycles. The van der Waals surface area contributed by atoms with E-state index in [-0.39, 0.29) is 11.6 Å². The van der Waals surface area contributed by atoms with E-state index in [4.69, 9.17) is 11.6 Å². The van der Waals surface area contributed by atoms with Crippen molar-refractivity contribution in [2.75, 3.05) is 10.4 Å². The van der Waals surface area contributed by atoms with Crippen LogP contribution in [0.2, 0.25) is 5.02 Å². The zero-order valence-corrected chi connectivity index (χ0v) is 18.2. The summed E-state index contributed by atoms with van der Waals surface area (Å²) in [6, 6.07) is 16.9. The molecule has 7 nitrogen and oxygen atoms in total. The number of aromatic nitrogens is 2. The normalized spacial score (nSPS) is 14.9. The van der Waals surface area contributed by atoms with Crippen molar-refractivity contribution in [3.63, 3.8) is 0 Å². The van der Waals surface area contributed by atoms with Crippen molar-refractivity contribution in [1.29, 1.82) is 0 Å². The fraction of sp³-hybridized carbons (Fsp3) is 0. The van der Waals surface area contributed by atoms with Gasteiger partial charge in [0.05, 0.1) is 5.69 Å². The van der Waals surface area contributed by atoms with Crippen LogP contribution in [0.1, 0.15) is 5.56 Å². The van der Waals surface area contributed by atoms with Crippen LogP contribution in [0.3, 0.4) is 0 Å². The van der Waals surface area contributed by atoms with E-state index >= 15 is 0 Å². The van der Waals surface area contributed by atoms with E-state index in [1.54, 1.807) is 30.5 Å². The molecule has 0 saturated heterocycles. The van der Waals surface area contributed by atoms with Gasteiger partial charge in [0.25, 0.3) is 0 Å². The Kier molecular flexibility index (Phi) is 5.29. The predicted octanol–water partition coefficient (Wildman–Crippen LogP) is 5.14. The van der Waals surface area contributed by atoms with E-state index in [0.717, 1.165) is 16.8 Å². The van der Waals surface area contributed by atoms with Crippen molar-refractivity contribution in [3.05, 3.63) is 82.1 Å². The van der Waals surface area contributed by atoms with Gasteiger partial charge in [-0.15, -0.1) is 22.7 Å². The molecule has 1 aliphatic rings. The number of hydrogen-bond donors (Lipinski definition) is 1. The fourth-order valence-corrected chi connectivity index (χ4v) is 4.29. The van der Waals surface area contributed by atoms with E-state index in [0.29, 0.717) is 21.0 Å². The number of thiazole rings is 2. The summed E-state index contributed by atoms with van der Waals surface area (Å²) in [5.74, 6) is -0.372. The Bertz CT molecular complexity index is 1280. The Morgan fingerprint density at radius 3 is 2.55 bits per heavy atom. The van der Waals surface area contributed by atoms with Crippen LogP contribution in [0.25, 0.3) is 11.3 Å². The lowest BCUT2D eigenvalue weighted by Gasteiger charge is -2.06. The molecule has 1 N–H and O–H groups in total. The number of benzene rings is 2. The van der Waals surface area contributed by atoms with Crippen LogP contribution < -0.4 is 10.4 Å². The monoisotopic (exact) mass is 464 g/mol. The summed E-state index contributed by atoms with van der Waals surface area (Å²) in [5, 5.41) is 15.5. The third kappa shape index (κ3) is 3.98. The molecule has 0 spiro atoms. The van der Waals surface area contributed by atoms with Gasteiger partial charge in [-0.25, -0.2) is 9.97 Å². The number of amides is 1. The highest BCUT2D eigenvalue weighted by Gasteiger charge is 2.35. The topological polar surface area (TPSA) is 82.8 Å². The Morgan fingerprint density at radius 1 is 1.00 bits per heavy atom. The summed E-state index contributed by atoms with van der Waals surface area (Å²) in [5.41, 5.74) is 5.92. The summed E-state index contributed by atoms with van der Waals surface area (Å²) in [6.45, 7) is 0. The molecule has 0 radical (unpaired) electrons. The van der Waals surface area contributed by atoms with Crippen molar-refractivity contribution >= 4 is 61.9 Å². The van der Waals surface area contributed by atoms with Crippen molar-refractivity contribution in [3.8, 4) is 11.3 Å². The lowest BCUT2D eigenvalue weighted by atomic mass is 10.1. The van der Waals surface area contributed by atoms with Crippen LogP contribution in [0.15, 0.2) is 81.8 Å². The van der Waals surface area contributed by atoms with Gasteiger partial charge in [-0.05, 0) is 12.1 Å². The molecule has 0 atom stereocenters. The van der Waals surface area contributed by atoms with Gasteiger partial charge < -0.3 is 0 Å². The lowest BCUT2D eigenvalue weighted by molar-refractivity contribution is -0.112. The van der Waals surface area contributed by atoms with Crippen LogP contribution >= 0.6 is 34.3 Å². The zero-order chi connectivity index (χ0) is 21.2. The average Bonchev–Trinajstić information content (AvgIpc) is 3.54. The number of hydrogen-bond acceptors (Lipinski definition) is 8. The molecule has 10 heteroatoms. The molecule has 1 aliphatic heterocycles. The van der Waals surface area contributed by atoms with Gasteiger partial charge in [0.1, 0.15) is 5.71 Å². The van der Waals surface area contributed by atoms with Crippen molar-refractivity contribution < 1.29 is 4.79 Å². The SMILES string of the molecule is O=C1/C(=N\Nc2nccs2)C(c2ccc(Cl)cc2)=NN1c1nc(-c2ccccc2)cs1. The maximum absolute atomic E-state index is 13.2. The molecule has 2 aromatic carbocycles. The molecule has 0 bridgehead atoms. The number of carbonyl (C=O) groups is 1. The third-order valence-electron chi connectivity index (χ3n) is 4.38. The van der Waals surface area contributed by atoms with Crippen molar-refractivity contribution in [2.24, 2.45) is 10.2 Å². The van der Waals surface area contributed by atoms with Gasteiger partial charge in [-0.2, -0.15) is 15.2 Å². The molecule has 5 rings (SSSR count). The molecule has 0 saturated carbocycles. The maximum atomic E-state index is 13.2. The lowest BCUT2D eigenvalue weighted by Crippen LogP contribution is -2.28.